The molecular weight excluding hydrogens is 490 g/mol. The zero-order chi connectivity index (χ0) is 25.8. The second-order valence-corrected chi connectivity index (χ2v) is 8.65. The summed E-state index contributed by atoms with van der Waals surface area (Å²) in [6.45, 7) is -0.0168. The number of nitrogens with zero attached hydrogens (tertiary/aromatic N) is 2. The van der Waals surface area contributed by atoms with Crippen LogP contribution < -0.4 is 15.6 Å². The number of halogens is 1. The average molecular weight is 510 g/mol. The van der Waals surface area contributed by atoms with Gasteiger partial charge in [-0.2, -0.15) is 5.10 Å². The Morgan fingerprint density at radius 3 is 2.16 bits per heavy atom. The minimum atomic E-state index is -0.515. The summed E-state index contributed by atoms with van der Waals surface area (Å²) in [4.78, 5) is 37.8. The highest BCUT2D eigenvalue weighted by Crippen LogP contribution is 2.19. The molecule has 5 aromatic rings. The zero-order valence-corrected chi connectivity index (χ0v) is 20.2. The molecule has 1 aromatic heterocycles. The molecule has 0 unspecified atom stereocenters. The average Bonchev–Trinajstić information content (AvgIpc) is 2.92. The molecule has 0 atom stereocenters. The summed E-state index contributed by atoms with van der Waals surface area (Å²) >= 11 is 5.92. The van der Waals surface area contributed by atoms with Gasteiger partial charge in [-0.1, -0.05) is 41.9 Å². The summed E-state index contributed by atoms with van der Waals surface area (Å²) in [6, 6.07) is 27.6. The van der Waals surface area contributed by atoms with Crippen LogP contribution >= 0.6 is 11.6 Å². The van der Waals surface area contributed by atoms with Gasteiger partial charge in [-0.15, -0.1) is 0 Å². The maximum atomic E-state index is 12.9. The third-order valence-corrected chi connectivity index (χ3v) is 5.97. The van der Waals surface area contributed by atoms with Crippen molar-refractivity contribution >= 4 is 51.5 Å². The van der Waals surface area contributed by atoms with Crippen molar-refractivity contribution in [3.8, 4) is 5.75 Å². The first-order chi connectivity index (χ1) is 18.0. The van der Waals surface area contributed by atoms with Gasteiger partial charge < -0.3 is 9.30 Å². The van der Waals surface area contributed by atoms with Crippen LogP contribution in [0.5, 0.6) is 5.75 Å². The molecule has 0 bridgehead atoms. The van der Waals surface area contributed by atoms with Crippen molar-refractivity contribution in [2.45, 2.75) is 6.54 Å². The van der Waals surface area contributed by atoms with Gasteiger partial charge >= 0.3 is 5.97 Å². The van der Waals surface area contributed by atoms with E-state index in [0.29, 0.717) is 43.7 Å². The van der Waals surface area contributed by atoms with Crippen LogP contribution in [0, 0.1) is 0 Å². The number of rotatable bonds is 6. The molecule has 0 aliphatic heterocycles. The molecule has 0 fully saturated rings. The Morgan fingerprint density at radius 2 is 1.51 bits per heavy atom. The molecule has 0 saturated heterocycles. The molecule has 37 heavy (non-hydrogen) atoms. The number of benzene rings is 4. The van der Waals surface area contributed by atoms with E-state index in [1.165, 1.54) is 12.3 Å². The van der Waals surface area contributed by atoms with Crippen molar-refractivity contribution in [2.24, 2.45) is 5.10 Å². The molecule has 1 N–H and O–H groups in total. The Kier molecular flexibility index (Phi) is 6.78. The summed E-state index contributed by atoms with van der Waals surface area (Å²) in [5, 5.41) is 5.59. The maximum absolute atomic E-state index is 12.9. The van der Waals surface area contributed by atoms with Gasteiger partial charge in [0, 0.05) is 15.8 Å². The summed E-state index contributed by atoms with van der Waals surface area (Å²) < 4.78 is 7.17. The summed E-state index contributed by atoms with van der Waals surface area (Å²) in [7, 11) is 0. The first-order valence-electron chi connectivity index (χ1n) is 11.4. The quantitative estimate of drug-likeness (QED) is 0.112. The van der Waals surface area contributed by atoms with E-state index in [1.807, 2.05) is 24.3 Å². The van der Waals surface area contributed by atoms with E-state index >= 15 is 0 Å². The Bertz CT molecular complexity index is 1670. The maximum Gasteiger partial charge on any atom is 0.343 e. The van der Waals surface area contributed by atoms with Gasteiger partial charge in [-0.3, -0.25) is 9.59 Å². The first-order valence-corrected chi connectivity index (χ1v) is 11.8. The van der Waals surface area contributed by atoms with E-state index in [2.05, 4.69) is 10.5 Å². The number of hydrogen-bond donors (Lipinski definition) is 1. The Morgan fingerprint density at radius 1 is 0.865 bits per heavy atom. The normalized spacial score (nSPS) is 11.2. The lowest BCUT2D eigenvalue weighted by atomic mass is 10.1. The van der Waals surface area contributed by atoms with Gasteiger partial charge in [0.2, 0.25) is 0 Å². The number of fused-ring (bicyclic) bond motifs is 2. The van der Waals surface area contributed by atoms with E-state index in [9.17, 15) is 14.4 Å². The predicted octanol–water partition coefficient (Wildman–Crippen LogP) is 5.18. The van der Waals surface area contributed by atoms with E-state index in [-0.39, 0.29) is 17.9 Å². The minimum Gasteiger partial charge on any atom is -0.423 e. The SMILES string of the molecule is O=C(Cn1c2ccccc2c(=O)c2ccccc21)N/N=C\c1ccc(OC(=O)c2cccc(Cl)c2)cc1. The third kappa shape index (κ3) is 5.27. The Hall–Kier alpha value is -4.75. The molecule has 1 heterocycles. The second kappa shape index (κ2) is 10.5. The first kappa shape index (κ1) is 24.0. The van der Waals surface area contributed by atoms with Crippen LogP contribution in [-0.4, -0.2) is 22.7 Å². The summed E-state index contributed by atoms with van der Waals surface area (Å²) in [6.07, 6.45) is 1.49. The van der Waals surface area contributed by atoms with Crippen LogP contribution in [-0.2, 0) is 11.3 Å². The van der Waals surface area contributed by atoms with Crippen molar-refractivity contribution in [1.82, 2.24) is 9.99 Å². The van der Waals surface area contributed by atoms with Gasteiger partial charge in [0.15, 0.2) is 5.43 Å². The molecule has 0 aliphatic rings. The van der Waals surface area contributed by atoms with Crippen LogP contribution in [0.3, 0.4) is 0 Å². The lowest BCUT2D eigenvalue weighted by Crippen LogP contribution is -2.25. The van der Waals surface area contributed by atoms with Crippen molar-refractivity contribution in [2.75, 3.05) is 0 Å². The van der Waals surface area contributed by atoms with Gasteiger partial charge in [-0.05, 0) is 72.3 Å². The third-order valence-electron chi connectivity index (χ3n) is 5.73. The molecule has 0 saturated carbocycles. The molecule has 0 aliphatic carbocycles. The number of amides is 1. The molecule has 0 radical (unpaired) electrons. The molecule has 8 heteroatoms. The largest absolute Gasteiger partial charge is 0.423 e. The fourth-order valence-electron chi connectivity index (χ4n) is 4.01. The van der Waals surface area contributed by atoms with Gasteiger partial charge in [-0.25, -0.2) is 10.2 Å². The fraction of sp³-hybridized carbons (Fsp3) is 0.0345. The van der Waals surface area contributed by atoms with Crippen LogP contribution in [0.1, 0.15) is 15.9 Å². The molecule has 182 valence electrons. The van der Waals surface area contributed by atoms with Crippen molar-refractivity contribution < 1.29 is 14.3 Å². The topological polar surface area (TPSA) is 89.8 Å². The number of carbonyl (C=O) groups is 2. The zero-order valence-electron chi connectivity index (χ0n) is 19.4. The number of hydrazone groups is 1. The van der Waals surface area contributed by atoms with Gasteiger partial charge in [0.05, 0.1) is 22.8 Å². The van der Waals surface area contributed by atoms with Crippen LogP contribution in [0.25, 0.3) is 21.8 Å². The minimum absolute atomic E-state index is 0.0168. The van der Waals surface area contributed by atoms with E-state index in [0.717, 1.165) is 0 Å². The highest BCUT2D eigenvalue weighted by Gasteiger charge is 2.13. The predicted molar refractivity (Wildman–Crippen MR) is 144 cm³/mol. The molecule has 5 rings (SSSR count). The number of carbonyl (C=O) groups excluding carboxylic acids is 2. The smallest absolute Gasteiger partial charge is 0.343 e. The molecule has 1 amide bonds. The number of para-hydroxylation sites is 2. The van der Waals surface area contributed by atoms with E-state index in [1.54, 1.807) is 71.3 Å². The standard InChI is InChI=1S/C29H20ClN3O4/c30-21-7-5-6-20(16-21)29(36)37-22-14-12-19(13-15-22)17-31-32-27(34)18-33-25-10-3-1-8-23(25)28(35)24-9-2-4-11-26(24)33/h1-17H,18H2,(H,32,34)/b31-17-. The number of ether oxygens (including phenoxy) is 1. The number of esters is 1. The molecular formula is C29H20ClN3O4. The monoisotopic (exact) mass is 509 g/mol. The highest BCUT2D eigenvalue weighted by molar-refractivity contribution is 6.30. The summed E-state index contributed by atoms with van der Waals surface area (Å²) in [5.74, 6) is -0.496. The van der Waals surface area contributed by atoms with Gasteiger partial charge in [0.1, 0.15) is 12.3 Å². The van der Waals surface area contributed by atoms with E-state index < -0.39 is 5.97 Å². The lowest BCUT2D eigenvalue weighted by molar-refractivity contribution is -0.121. The van der Waals surface area contributed by atoms with Crippen LogP contribution in [0.15, 0.2) is 107 Å². The number of pyridine rings is 1. The number of hydrogen-bond acceptors (Lipinski definition) is 5. The number of nitrogens with one attached hydrogen (secondary N) is 1. The Labute approximate surface area is 216 Å². The molecule has 4 aromatic carbocycles. The van der Waals surface area contributed by atoms with Gasteiger partial charge in [0.25, 0.3) is 5.91 Å². The molecule has 7 nitrogen and oxygen atoms in total. The van der Waals surface area contributed by atoms with Crippen LogP contribution in [0.2, 0.25) is 5.02 Å². The van der Waals surface area contributed by atoms with E-state index in [4.69, 9.17) is 16.3 Å². The van der Waals surface area contributed by atoms with Crippen molar-refractivity contribution in [1.29, 1.82) is 0 Å². The Balaban J connectivity index is 1.26. The highest BCUT2D eigenvalue weighted by atomic mass is 35.5. The fourth-order valence-corrected chi connectivity index (χ4v) is 4.20. The van der Waals surface area contributed by atoms with Crippen molar-refractivity contribution in [3.05, 3.63) is 123 Å². The van der Waals surface area contributed by atoms with Crippen molar-refractivity contribution in [3.63, 3.8) is 0 Å². The lowest BCUT2D eigenvalue weighted by Gasteiger charge is -2.14. The van der Waals surface area contributed by atoms with Crippen LogP contribution in [0.4, 0.5) is 0 Å². The second-order valence-electron chi connectivity index (χ2n) is 8.21. The number of aromatic nitrogens is 1. The molecule has 0 spiro atoms. The summed E-state index contributed by atoms with van der Waals surface area (Å²) in [5.41, 5.74) is 4.86.